The van der Waals surface area contributed by atoms with Gasteiger partial charge in [0.05, 0.1) is 27.3 Å². The molecular formula is C15H14Cl2N2OS. The Hall–Kier alpha value is -1.10. The van der Waals surface area contributed by atoms with Crippen molar-refractivity contribution < 1.29 is 4.79 Å². The molecule has 3 nitrogen and oxygen atoms in total. The summed E-state index contributed by atoms with van der Waals surface area (Å²) >= 11 is 13.4. The molecule has 1 aromatic heterocycles. The molecule has 0 radical (unpaired) electrons. The fourth-order valence-corrected chi connectivity index (χ4v) is 3.34. The molecule has 0 bridgehead atoms. The summed E-state index contributed by atoms with van der Waals surface area (Å²) < 4.78 is 0. The second-order valence-corrected chi connectivity index (χ2v) is 7.08. The van der Waals surface area contributed by atoms with Crippen molar-refractivity contribution in [1.82, 2.24) is 10.3 Å². The van der Waals surface area contributed by atoms with Crippen molar-refractivity contribution in [3.05, 3.63) is 49.9 Å². The molecule has 1 amide bonds. The van der Waals surface area contributed by atoms with E-state index in [9.17, 15) is 4.79 Å². The molecule has 1 unspecified atom stereocenters. The summed E-state index contributed by atoms with van der Waals surface area (Å²) in [5.41, 5.74) is 0.921. The van der Waals surface area contributed by atoms with Gasteiger partial charge in [-0.1, -0.05) is 29.3 Å². The minimum atomic E-state index is -0.140. The highest BCUT2D eigenvalue weighted by Gasteiger charge is 2.27. The first-order chi connectivity index (χ1) is 10.0. The topological polar surface area (TPSA) is 42.0 Å². The normalized spacial score (nSPS) is 15.8. The molecular weight excluding hydrogens is 327 g/mol. The molecule has 1 heterocycles. The van der Waals surface area contributed by atoms with Crippen molar-refractivity contribution in [3.8, 4) is 0 Å². The van der Waals surface area contributed by atoms with E-state index in [2.05, 4.69) is 10.3 Å². The summed E-state index contributed by atoms with van der Waals surface area (Å²) in [6.45, 7) is 1.92. The van der Waals surface area contributed by atoms with Crippen molar-refractivity contribution >= 4 is 40.4 Å². The zero-order valence-electron chi connectivity index (χ0n) is 11.4. The quantitative estimate of drug-likeness (QED) is 0.866. The predicted molar refractivity (Wildman–Crippen MR) is 86.4 cm³/mol. The Labute approximate surface area is 137 Å². The molecule has 0 spiro atoms. The lowest BCUT2D eigenvalue weighted by molar-refractivity contribution is 0.0944. The van der Waals surface area contributed by atoms with E-state index in [1.54, 1.807) is 18.3 Å². The first-order valence-electron chi connectivity index (χ1n) is 6.76. The van der Waals surface area contributed by atoms with E-state index in [1.807, 2.05) is 13.0 Å². The van der Waals surface area contributed by atoms with Crippen LogP contribution in [0.2, 0.25) is 10.0 Å². The van der Waals surface area contributed by atoms with Crippen molar-refractivity contribution in [3.63, 3.8) is 0 Å². The van der Waals surface area contributed by atoms with Crippen LogP contribution in [0.25, 0.3) is 0 Å². The number of halogens is 2. The van der Waals surface area contributed by atoms with Gasteiger partial charge < -0.3 is 5.32 Å². The van der Waals surface area contributed by atoms with Gasteiger partial charge in [-0.25, -0.2) is 4.98 Å². The summed E-state index contributed by atoms with van der Waals surface area (Å²) in [6.07, 6.45) is 4.04. The Bertz CT molecular complexity index is 682. The average Bonchev–Trinajstić information content (AvgIpc) is 3.19. The second-order valence-electron chi connectivity index (χ2n) is 5.21. The van der Waals surface area contributed by atoms with E-state index in [0.29, 0.717) is 20.8 Å². The van der Waals surface area contributed by atoms with Gasteiger partial charge in [0.25, 0.3) is 5.91 Å². The molecule has 0 saturated heterocycles. The van der Waals surface area contributed by atoms with Crippen molar-refractivity contribution in [2.24, 2.45) is 0 Å². The Morgan fingerprint density at radius 1 is 1.38 bits per heavy atom. The summed E-state index contributed by atoms with van der Waals surface area (Å²) in [5.74, 6) is 0.474. The monoisotopic (exact) mass is 340 g/mol. The molecule has 110 valence electrons. The molecule has 6 heteroatoms. The van der Waals surface area contributed by atoms with E-state index in [0.717, 1.165) is 10.6 Å². The van der Waals surface area contributed by atoms with Gasteiger partial charge in [-0.2, -0.15) is 0 Å². The van der Waals surface area contributed by atoms with Crippen LogP contribution in [-0.4, -0.2) is 10.9 Å². The van der Waals surface area contributed by atoms with E-state index in [1.165, 1.54) is 24.2 Å². The van der Waals surface area contributed by atoms with Crippen LogP contribution in [0.3, 0.4) is 0 Å². The smallest absolute Gasteiger partial charge is 0.263 e. The minimum absolute atomic E-state index is 0.0991. The van der Waals surface area contributed by atoms with E-state index >= 15 is 0 Å². The number of benzene rings is 1. The summed E-state index contributed by atoms with van der Waals surface area (Å²) in [7, 11) is 0. The van der Waals surface area contributed by atoms with Gasteiger partial charge in [0.1, 0.15) is 4.88 Å². The Morgan fingerprint density at radius 3 is 2.81 bits per heavy atom. The third-order valence-corrected chi connectivity index (χ3v) is 5.36. The molecule has 1 atom stereocenters. The molecule has 0 aliphatic heterocycles. The number of amides is 1. The first-order valence-corrected chi connectivity index (χ1v) is 8.33. The lowest BCUT2D eigenvalue weighted by Gasteiger charge is -2.14. The molecule has 1 aliphatic carbocycles. The number of aromatic nitrogens is 1. The number of thiazole rings is 1. The van der Waals surface area contributed by atoms with Crippen LogP contribution in [0, 0.1) is 0 Å². The molecule has 1 saturated carbocycles. The molecule has 1 fully saturated rings. The van der Waals surface area contributed by atoms with Crippen LogP contribution < -0.4 is 5.32 Å². The maximum absolute atomic E-state index is 12.2. The SMILES string of the molecule is CC(NC(=O)c1cnc(C2CC2)s1)c1ccc(Cl)c(Cl)c1. The van der Waals surface area contributed by atoms with E-state index in [4.69, 9.17) is 23.2 Å². The number of hydrogen-bond acceptors (Lipinski definition) is 3. The largest absolute Gasteiger partial charge is 0.345 e. The molecule has 2 aromatic rings. The first kappa shape index (κ1) is 14.8. The van der Waals surface area contributed by atoms with Gasteiger partial charge in [-0.15, -0.1) is 11.3 Å². The lowest BCUT2D eigenvalue weighted by atomic mass is 10.1. The predicted octanol–water partition coefficient (Wildman–Crippen LogP) is 4.82. The van der Waals surface area contributed by atoms with Gasteiger partial charge in [0.2, 0.25) is 0 Å². The van der Waals surface area contributed by atoms with E-state index < -0.39 is 0 Å². The lowest BCUT2D eigenvalue weighted by Crippen LogP contribution is -2.25. The third kappa shape index (κ3) is 3.39. The van der Waals surface area contributed by atoms with Crippen molar-refractivity contribution in [2.75, 3.05) is 0 Å². The van der Waals surface area contributed by atoms with Crippen LogP contribution >= 0.6 is 34.5 Å². The van der Waals surface area contributed by atoms with Gasteiger partial charge in [0, 0.05) is 5.92 Å². The van der Waals surface area contributed by atoms with E-state index in [-0.39, 0.29) is 11.9 Å². The molecule has 21 heavy (non-hydrogen) atoms. The van der Waals surface area contributed by atoms with Crippen LogP contribution in [-0.2, 0) is 0 Å². The third-order valence-electron chi connectivity index (χ3n) is 3.47. The van der Waals surface area contributed by atoms with Crippen LogP contribution in [0.1, 0.15) is 52.0 Å². The number of carbonyl (C=O) groups excluding carboxylic acids is 1. The van der Waals surface area contributed by atoms with Gasteiger partial charge in [0.15, 0.2) is 0 Å². The van der Waals surface area contributed by atoms with Crippen molar-refractivity contribution in [1.29, 1.82) is 0 Å². The van der Waals surface area contributed by atoms with Gasteiger partial charge in [-0.05, 0) is 37.5 Å². The molecule has 3 rings (SSSR count). The fourth-order valence-electron chi connectivity index (χ4n) is 2.04. The maximum atomic E-state index is 12.2. The number of nitrogens with one attached hydrogen (secondary N) is 1. The summed E-state index contributed by atoms with van der Waals surface area (Å²) in [6, 6.07) is 5.23. The molecule has 1 N–H and O–H groups in total. The maximum Gasteiger partial charge on any atom is 0.263 e. The standard InChI is InChI=1S/C15H14Cl2N2OS/c1-8(10-4-5-11(16)12(17)6-10)19-14(20)13-7-18-15(21-13)9-2-3-9/h4-9H,2-3H2,1H3,(H,19,20). The molecule has 1 aliphatic rings. The number of nitrogens with zero attached hydrogens (tertiary/aromatic N) is 1. The average molecular weight is 341 g/mol. The number of rotatable bonds is 4. The number of hydrogen-bond donors (Lipinski definition) is 1. The van der Waals surface area contributed by atoms with Gasteiger partial charge in [-0.3, -0.25) is 4.79 Å². The molecule has 1 aromatic carbocycles. The van der Waals surface area contributed by atoms with Crippen LogP contribution in [0.4, 0.5) is 0 Å². The van der Waals surface area contributed by atoms with Crippen molar-refractivity contribution in [2.45, 2.75) is 31.7 Å². The second kappa shape index (κ2) is 5.95. The fraction of sp³-hybridized carbons (Fsp3) is 0.333. The zero-order valence-corrected chi connectivity index (χ0v) is 13.7. The highest BCUT2D eigenvalue weighted by molar-refractivity contribution is 7.13. The Kier molecular flexibility index (Phi) is 4.20. The van der Waals surface area contributed by atoms with Gasteiger partial charge >= 0.3 is 0 Å². The minimum Gasteiger partial charge on any atom is -0.345 e. The summed E-state index contributed by atoms with van der Waals surface area (Å²) in [4.78, 5) is 17.2. The van der Waals surface area contributed by atoms with Crippen LogP contribution in [0.15, 0.2) is 24.4 Å². The Morgan fingerprint density at radius 2 is 2.14 bits per heavy atom. The highest BCUT2D eigenvalue weighted by Crippen LogP contribution is 2.41. The number of carbonyl (C=O) groups is 1. The van der Waals surface area contributed by atoms with Crippen LogP contribution in [0.5, 0.6) is 0 Å². The Balaban J connectivity index is 1.69. The summed E-state index contributed by atoms with van der Waals surface area (Å²) in [5, 5.41) is 5.03. The highest BCUT2D eigenvalue weighted by atomic mass is 35.5. The zero-order chi connectivity index (χ0) is 15.0.